The second-order valence-electron chi connectivity index (χ2n) is 3.52. The van der Waals surface area contributed by atoms with Crippen LogP contribution in [0.15, 0.2) is 21.9 Å². The van der Waals surface area contributed by atoms with Crippen molar-refractivity contribution in [3.05, 3.63) is 33.1 Å². The van der Waals surface area contributed by atoms with Crippen LogP contribution in [0.4, 0.5) is 0 Å². The van der Waals surface area contributed by atoms with Crippen molar-refractivity contribution in [3.8, 4) is 0 Å². The molecular weight excluding hydrogens is 212 g/mol. The normalized spacial score (nSPS) is 14.7. The number of hydrogen-bond acceptors (Lipinski definition) is 4. The Balaban J connectivity index is 2.77. The van der Waals surface area contributed by atoms with Gasteiger partial charge in [0.05, 0.1) is 12.7 Å². The third kappa shape index (κ3) is 3.32. The van der Waals surface area contributed by atoms with Gasteiger partial charge in [0.25, 0.3) is 5.56 Å². The first-order valence-corrected chi connectivity index (χ1v) is 5.00. The Kier molecular flexibility index (Phi) is 4.45. The monoisotopic (exact) mass is 228 g/mol. The van der Waals surface area contributed by atoms with Gasteiger partial charge in [-0.15, -0.1) is 0 Å². The zero-order valence-electron chi connectivity index (χ0n) is 9.60. The summed E-state index contributed by atoms with van der Waals surface area (Å²) in [5.74, 6) is 0. The zero-order chi connectivity index (χ0) is 12.1. The minimum absolute atomic E-state index is 0.126. The fraction of sp³-hybridized carbons (Fsp3) is 0.600. The van der Waals surface area contributed by atoms with Gasteiger partial charge in [-0.3, -0.25) is 14.3 Å². The van der Waals surface area contributed by atoms with Crippen molar-refractivity contribution in [2.24, 2.45) is 0 Å². The number of nitrogens with zero attached hydrogens (tertiary/aromatic N) is 1. The van der Waals surface area contributed by atoms with E-state index in [0.29, 0.717) is 6.61 Å². The fourth-order valence-electron chi connectivity index (χ4n) is 1.39. The number of H-pyrrole nitrogens is 1. The molecule has 0 saturated carbocycles. The molecule has 1 aromatic heterocycles. The molecule has 0 aliphatic rings. The number of methoxy groups -OCH3 is 1. The highest BCUT2D eigenvalue weighted by molar-refractivity contribution is 4.83. The molecule has 1 aromatic rings. The summed E-state index contributed by atoms with van der Waals surface area (Å²) in [6.07, 6.45) is 0.832. The Morgan fingerprint density at radius 2 is 2.12 bits per heavy atom. The molecule has 0 aliphatic heterocycles. The molecule has 0 amide bonds. The largest absolute Gasteiger partial charge is 0.382 e. The maximum atomic E-state index is 11.4. The molecule has 0 fully saturated rings. The molecule has 0 aromatic carbocycles. The molecule has 16 heavy (non-hydrogen) atoms. The minimum atomic E-state index is -0.482. The SMILES string of the molecule is COC[C@H](C)O[C@H](C)n1ccc(=O)[nH]c1=O. The van der Waals surface area contributed by atoms with E-state index >= 15 is 0 Å². The van der Waals surface area contributed by atoms with Crippen LogP contribution in [0.2, 0.25) is 0 Å². The molecule has 1 N–H and O–H groups in total. The lowest BCUT2D eigenvalue weighted by Gasteiger charge is -2.19. The van der Waals surface area contributed by atoms with Crippen LogP contribution < -0.4 is 11.2 Å². The molecule has 6 nitrogen and oxygen atoms in total. The van der Waals surface area contributed by atoms with Crippen molar-refractivity contribution >= 4 is 0 Å². The Morgan fingerprint density at radius 1 is 1.44 bits per heavy atom. The predicted octanol–water partition coefficient (Wildman–Crippen LogP) is 0.107. The summed E-state index contributed by atoms with van der Waals surface area (Å²) in [5.41, 5.74) is -0.900. The second-order valence-corrected chi connectivity index (χ2v) is 3.52. The Labute approximate surface area is 92.8 Å². The molecule has 0 unspecified atom stereocenters. The van der Waals surface area contributed by atoms with Gasteiger partial charge in [-0.05, 0) is 13.8 Å². The van der Waals surface area contributed by atoms with Crippen LogP contribution in [0, 0.1) is 0 Å². The van der Waals surface area contributed by atoms with Crippen molar-refractivity contribution in [1.29, 1.82) is 0 Å². The summed E-state index contributed by atoms with van der Waals surface area (Å²) in [4.78, 5) is 24.4. The van der Waals surface area contributed by atoms with E-state index < -0.39 is 17.5 Å². The fourth-order valence-corrected chi connectivity index (χ4v) is 1.39. The van der Waals surface area contributed by atoms with E-state index in [2.05, 4.69) is 4.98 Å². The third-order valence-corrected chi connectivity index (χ3v) is 2.07. The lowest BCUT2D eigenvalue weighted by molar-refractivity contribution is -0.0652. The van der Waals surface area contributed by atoms with Gasteiger partial charge in [-0.25, -0.2) is 4.79 Å². The van der Waals surface area contributed by atoms with Gasteiger partial charge in [-0.1, -0.05) is 0 Å². The summed E-state index contributed by atoms with van der Waals surface area (Å²) >= 11 is 0. The van der Waals surface area contributed by atoms with E-state index in [1.807, 2.05) is 6.92 Å². The molecule has 0 radical (unpaired) electrons. The summed E-state index contributed by atoms with van der Waals surface area (Å²) in [7, 11) is 1.58. The maximum absolute atomic E-state index is 11.4. The number of nitrogens with one attached hydrogen (secondary N) is 1. The number of aromatic nitrogens is 2. The lowest BCUT2D eigenvalue weighted by atomic mass is 10.4. The zero-order valence-corrected chi connectivity index (χ0v) is 9.60. The maximum Gasteiger partial charge on any atom is 0.330 e. The molecule has 6 heteroatoms. The Morgan fingerprint density at radius 3 is 2.69 bits per heavy atom. The van der Waals surface area contributed by atoms with E-state index in [-0.39, 0.29) is 6.10 Å². The Hall–Kier alpha value is -1.40. The van der Waals surface area contributed by atoms with Crippen LogP contribution in [0.1, 0.15) is 20.1 Å². The van der Waals surface area contributed by atoms with Crippen LogP contribution in [0.5, 0.6) is 0 Å². The summed E-state index contributed by atoms with van der Waals surface area (Å²) in [5, 5.41) is 0. The molecule has 90 valence electrons. The van der Waals surface area contributed by atoms with Gasteiger partial charge in [0.1, 0.15) is 6.23 Å². The van der Waals surface area contributed by atoms with Gasteiger partial charge in [0, 0.05) is 19.4 Å². The summed E-state index contributed by atoms with van der Waals surface area (Å²) in [6, 6.07) is 1.28. The first kappa shape index (κ1) is 12.7. The van der Waals surface area contributed by atoms with E-state index in [0.717, 1.165) is 0 Å². The lowest BCUT2D eigenvalue weighted by Crippen LogP contribution is -2.33. The van der Waals surface area contributed by atoms with Gasteiger partial charge >= 0.3 is 5.69 Å². The minimum Gasteiger partial charge on any atom is -0.382 e. The molecule has 0 bridgehead atoms. The third-order valence-electron chi connectivity index (χ3n) is 2.07. The average Bonchev–Trinajstić information content (AvgIpc) is 2.17. The first-order valence-electron chi connectivity index (χ1n) is 5.00. The molecule has 0 spiro atoms. The molecule has 1 rings (SSSR count). The number of rotatable bonds is 5. The first-order chi connectivity index (χ1) is 7.54. The standard InChI is InChI=1S/C10H16N2O4/c1-7(6-15-3)16-8(2)12-5-4-9(13)11-10(12)14/h4-5,7-8H,6H2,1-3H3,(H,11,13,14)/t7-,8+/m0/s1. The molecule has 0 saturated heterocycles. The highest BCUT2D eigenvalue weighted by atomic mass is 16.5. The van der Waals surface area contributed by atoms with Crippen molar-refractivity contribution in [2.45, 2.75) is 26.2 Å². The smallest absolute Gasteiger partial charge is 0.330 e. The second kappa shape index (κ2) is 5.62. The summed E-state index contributed by atoms with van der Waals surface area (Å²) < 4.78 is 11.7. The van der Waals surface area contributed by atoms with Crippen LogP contribution >= 0.6 is 0 Å². The summed E-state index contributed by atoms with van der Waals surface area (Å²) in [6.45, 7) is 4.02. The van der Waals surface area contributed by atoms with Crippen molar-refractivity contribution in [3.63, 3.8) is 0 Å². The van der Waals surface area contributed by atoms with Gasteiger partial charge in [0.15, 0.2) is 0 Å². The van der Waals surface area contributed by atoms with Gasteiger partial charge in [-0.2, -0.15) is 0 Å². The van der Waals surface area contributed by atoms with Gasteiger partial charge < -0.3 is 9.47 Å². The highest BCUT2D eigenvalue weighted by Gasteiger charge is 2.11. The molecule has 0 aliphatic carbocycles. The van der Waals surface area contributed by atoms with E-state index in [1.165, 1.54) is 16.8 Å². The molecule has 2 atom stereocenters. The van der Waals surface area contributed by atoms with Crippen LogP contribution in [0.3, 0.4) is 0 Å². The average molecular weight is 228 g/mol. The van der Waals surface area contributed by atoms with Gasteiger partial charge in [0.2, 0.25) is 0 Å². The number of hydrogen-bond donors (Lipinski definition) is 1. The quantitative estimate of drug-likeness (QED) is 0.776. The molecular formula is C10H16N2O4. The Bertz CT molecular complexity index is 437. The van der Waals surface area contributed by atoms with Crippen LogP contribution in [-0.2, 0) is 9.47 Å². The van der Waals surface area contributed by atoms with Crippen molar-refractivity contribution < 1.29 is 9.47 Å². The molecule has 1 heterocycles. The van der Waals surface area contributed by atoms with E-state index in [1.54, 1.807) is 14.0 Å². The van der Waals surface area contributed by atoms with Crippen molar-refractivity contribution in [1.82, 2.24) is 9.55 Å². The van der Waals surface area contributed by atoms with Crippen LogP contribution in [0.25, 0.3) is 0 Å². The van der Waals surface area contributed by atoms with E-state index in [4.69, 9.17) is 9.47 Å². The highest BCUT2D eigenvalue weighted by Crippen LogP contribution is 2.07. The topological polar surface area (TPSA) is 73.3 Å². The predicted molar refractivity (Wildman–Crippen MR) is 58.5 cm³/mol. The number of ether oxygens (including phenoxy) is 2. The van der Waals surface area contributed by atoms with Crippen LogP contribution in [-0.4, -0.2) is 29.4 Å². The number of aromatic amines is 1. The van der Waals surface area contributed by atoms with E-state index in [9.17, 15) is 9.59 Å². The van der Waals surface area contributed by atoms with Crippen molar-refractivity contribution in [2.75, 3.05) is 13.7 Å².